The van der Waals surface area contributed by atoms with Crippen molar-refractivity contribution in [1.29, 1.82) is 0 Å². The van der Waals surface area contributed by atoms with Gasteiger partial charge in [-0.3, -0.25) is 14.7 Å². The average Bonchev–Trinajstić information content (AvgIpc) is 3.47. The number of carbonyl (C=O) groups is 1. The minimum Gasteiger partial charge on any atom is -0.353 e. The zero-order valence-electron chi connectivity index (χ0n) is 15.1. The summed E-state index contributed by atoms with van der Waals surface area (Å²) >= 11 is 0. The van der Waals surface area contributed by atoms with Crippen LogP contribution in [0, 0.1) is 0 Å². The Morgan fingerprint density at radius 2 is 1.73 bits per heavy atom. The molecule has 2 heterocycles. The summed E-state index contributed by atoms with van der Waals surface area (Å²) in [5.41, 5.74) is 2.94. The van der Waals surface area contributed by atoms with Crippen molar-refractivity contribution in [3.05, 3.63) is 42.2 Å². The highest BCUT2D eigenvalue weighted by molar-refractivity contribution is 5.85. The molecular formula is C20H25ClN4O. The zero-order chi connectivity index (χ0) is 17.2. The lowest BCUT2D eigenvalue weighted by molar-refractivity contribution is -0.116. The molecule has 0 spiro atoms. The summed E-state index contributed by atoms with van der Waals surface area (Å²) in [6.07, 6.45) is 6.96. The Morgan fingerprint density at radius 3 is 2.27 bits per heavy atom. The SMILES string of the molecule is CC(=O)Cc1ccc(-c2cnc(N3CCN(C4CC4)CC3)cn2)cc1.Cl. The first-order valence-corrected chi connectivity index (χ1v) is 9.09. The largest absolute Gasteiger partial charge is 0.353 e. The molecule has 0 N–H and O–H groups in total. The number of nitrogens with zero attached hydrogens (tertiary/aromatic N) is 4. The van der Waals surface area contributed by atoms with Gasteiger partial charge in [-0.25, -0.2) is 4.98 Å². The van der Waals surface area contributed by atoms with Crippen molar-refractivity contribution in [3.63, 3.8) is 0 Å². The van der Waals surface area contributed by atoms with Gasteiger partial charge in [-0.15, -0.1) is 12.4 Å². The molecule has 1 aromatic carbocycles. The number of hydrogen-bond acceptors (Lipinski definition) is 5. The van der Waals surface area contributed by atoms with Crippen molar-refractivity contribution in [3.8, 4) is 11.3 Å². The first-order valence-electron chi connectivity index (χ1n) is 9.09. The third-order valence-electron chi connectivity index (χ3n) is 5.04. The summed E-state index contributed by atoms with van der Waals surface area (Å²) in [6.45, 7) is 5.94. The number of carbonyl (C=O) groups excluding carboxylic acids is 1. The number of benzene rings is 1. The Kier molecular flexibility index (Phi) is 5.89. The van der Waals surface area contributed by atoms with E-state index in [1.54, 1.807) is 6.92 Å². The van der Waals surface area contributed by atoms with E-state index in [0.29, 0.717) is 6.42 Å². The number of hydrogen-bond donors (Lipinski definition) is 0. The van der Waals surface area contributed by atoms with Crippen LogP contribution in [0.4, 0.5) is 5.82 Å². The van der Waals surface area contributed by atoms with Gasteiger partial charge in [0.2, 0.25) is 0 Å². The van der Waals surface area contributed by atoms with Gasteiger partial charge in [0.05, 0.1) is 18.1 Å². The van der Waals surface area contributed by atoms with Gasteiger partial charge in [0.15, 0.2) is 0 Å². The quantitative estimate of drug-likeness (QED) is 0.807. The predicted octanol–water partition coefficient (Wildman–Crippen LogP) is 2.98. The number of Topliss-reactive ketones (excluding diaryl/α,β-unsaturated/α-hetero) is 1. The predicted molar refractivity (Wildman–Crippen MR) is 106 cm³/mol. The van der Waals surface area contributed by atoms with Gasteiger partial charge in [0.25, 0.3) is 0 Å². The second-order valence-corrected chi connectivity index (χ2v) is 7.09. The Hall–Kier alpha value is -1.98. The number of anilines is 1. The summed E-state index contributed by atoms with van der Waals surface area (Å²) in [4.78, 5) is 25.3. The molecule has 1 saturated carbocycles. The molecule has 0 radical (unpaired) electrons. The van der Waals surface area contributed by atoms with E-state index in [0.717, 1.165) is 54.9 Å². The van der Waals surface area contributed by atoms with Crippen molar-refractivity contribution in [2.24, 2.45) is 0 Å². The lowest BCUT2D eigenvalue weighted by Crippen LogP contribution is -2.47. The molecule has 1 aliphatic carbocycles. The highest BCUT2D eigenvalue weighted by Gasteiger charge is 2.31. The summed E-state index contributed by atoms with van der Waals surface area (Å²) in [7, 11) is 0. The third-order valence-corrected chi connectivity index (χ3v) is 5.04. The Bertz CT molecular complexity index is 735. The van der Waals surface area contributed by atoms with Gasteiger partial charge in [0, 0.05) is 44.2 Å². The minimum atomic E-state index is 0. The Morgan fingerprint density at radius 1 is 1.04 bits per heavy atom. The van der Waals surface area contributed by atoms with Crippen LogP contribution in [-0.4, -0.2) is 52.9 Å². The molecule has 138 valence electrons. The van der Waals surface area contributed by atoms with Crippen LogP contribution in [0.5, 0.6) is 0 Å². The maximum Gasteiger partial charge on any atom is 0.147 e. The standard InChI is InChI=1S/C20H24N4O.ClH/c1-15(25)12-16-2-4-17(5-3-16)19-13-22-20(14-21-19)24-10-8-23(9-11-24)18-6-7-18;/h2-5,13-14,18H,6-12H2,1H3;1H. The molecule has 2 fully saturated rings. The van der Waals surface area contributed by atoms with E-state index in [4.69, 9.17) is 0 Å². The molecule has 0 amide bonds. The van der Waals surface area contributed by atoms with Crippen molar-refractivity contribution < 1.29 is 4.79 Å². The number of rotatable bonds is 5. The molecule has 4 rings (SSSR count). The van der Waals surface area contributed by atoms with Crippen LogP contribution >= 0.6 is 12.4 Å². The number of piperazine rings is 1. The molecule has 0 atom stereocenters. The molecule has 0 bridgehead atoms. The van der Waals surface area contributed by atoms with Gasteiger partial charge >= 0.3 is 0 Å². The monoisotopic (exact) mass is 372 g/mol. The molecule has 2 aromatic rings. The molecule has 6 heteroatoms. The zero-order valence-corrected chi connectivity index (χ0v) is 15.9. The van der Waals surface area contributed by atoms with Gasteiger partial charge in [-0.05, 0) is 25.3 Å². The van der Waals surface area contributed by atoms with E-state index < -0.39 is 0 Å². The third kappa shape index (κ3) is 4.40. The van der Waals surface area contributed by atoms with Gasteiger partial charge < -0.3 is 4.90 Å². The highest BCUT2D eigenvalue weighted by Crippen LogP contribution is 2.28. The van der Waals surface area contributed by atoms with Crippen LogP contribution in [0.1, 0.15) is 25.3 Å². The molecule has 1 aromatic heterocycles. The number of aromatic nitrogens is 2. The summed E-state index contributed by atoms with van der Waals surface area (Å²) in [6, 6.07) is 8.85. The number of ketones is 1. The summed E-state index contributed by atoms with van der Waals surface area (Å²) in [5, 5.41) is 0. The van der Waals surface area contributed by atoms with E-state index in [-0.39, 0.29) is 18.2 Å². The fourth-order valence-electron chi connectivity index (χ4n) is 3.47. The van der Waals surface area contributed by atoms with Crippen molar-refractivity contribution in [1.82, 2.24) is 14.9 Å². The highest BCUT2D eigenvalue weighted by atomic mass is 35.5. The molecule has 26 heavy (non-hydrogen) atoms. The lowest BCUT2D eigenvalue weighted by Gasteiger charge is -2.35. The smallest absolute Gasteiger partial charge is 0.147 e. The molecule has 2 aliphatic rings. The fraction of sp³-hybridized carbons (Fsp3) is 0.450. The van der Waals surface area contributed by atoms with E-state index in [9.17, 15) is 4.79 Å². The van der Waals surface area contributed by atoms with E-state index in [1.165, 1.54) is 12.8 Å². The normalized spacial score (nSPS) is 17.7. The van der Waals surface area contributed by atoms with Crippen molar-refractivity contribution in [2.75, 3.05) is 31.1 Å². The second kappa shape index (κ2) is 8.14. The maximum absolute atomic E-state index is 11.2. The molecular weight excluding hydrogens is 348 g/mol. The average molecular weight is 373 g/mol. The van der Waals surface area contributed by atoms with Crippen molar-refractivity contribution >= 4 is 24.0 Å². The first kappa shape index (κ1) is 18.8. The maximum atomic E-state index is 11.2. The lowest BCUT2D eigenvalue weighted by atomic mass is 10.1. The van der Waals surface area contributed by atoms with Gasteiger partial charge in [-0.1, -0.05) is 24.3 Å². The van der Waals surface area contributed by atoms with Crippen LogP contribution in [0.25, 0.3) is 11.3 Å². The first-order chi connectivity index (χ1) is 12.2. The summed E-state index contributed by atoms with van der Waals surface area (Å²) < 4.78 is 0. The van der Waals surface area contributed by atoms with Crippen LogP contribution in [0.15, 0.2) is 36.7 Å². The van der Waals surface area contributed by atoms with Crippen LogP contribution in [0.2, 0.25) is 0 Å². The molecule has 1 saturated heterocycles. The summed E-state index contributed by atoms with van der Waals surface area (Å²) in [5.74, 6) is 1.14. The second-order valence-electron chi connectivity index (χ2n) is 7.09. The van der Waals surface area contributed by atoms with Gasteiger partial charge in [-0.2, -0.15) is 0 Å². The van der Waals surface area contributed by atoms with E-state index in [2.05, 4.69) is 19.8 Å². The Balaban J connectivity index is 0.00000196. The van der Waals surface area contributed by atoms with E-state index >= 15 is 0 Å². The molecule has 5 nitrogen and oxygen atoms in total. The van der Waals surface area contributed by atoms with Gasteiger partial charge in [0.1, 0.15) is 11.6 Å². The van der Waals surface area contributed by atoms with Crippen LogP contribution in [0.3, 0.4) is 0 Å². The van der Waals surface area contributed by atoms with Crippen molar-refractivity contribution in [2.45, 2.75) is 32.2 Å². The van der Waals surface area contributed by atoms with Crippen LogP contribution < -0.4 is 4.90 Å². The fourth-order valence-corrected chi connectivity index (χ4v) is 3.47. The minimum absolute atomic E-state index is 0. The molecule has 1 aliphatic heterocycles. The Labute approximate surface area is 160 Å². The topological polar surface area (TPSA) is 49.3 Å². The van der Waals surface area contributed by atoms with Crippen LogP contribution in [-0.2, 0) is 11.2 Å². The number of halogens is 1. The molecule has 0 unspecified atom stereocenters. The van der Waals surface area contributed by atoms with E-state index in [1.807, 2.05) is 36.7 Å².